The van der Waals surface area contributed by atoms with Crippen LogP contribution in [0.25, 0.3) is 0 Å². The Bertz CT molecular complexity index is 427. The largest absolute Gasteiger partial charge is 0.325 e. The summed E-state index contributed by atoms with van der Waals surface area (Å²) in [6.45, 7) is 11.8. The van der Waals surface area contributed by atoms with E-state index in [9.17, 15) is 0 Å². The predicted molar refractivity (Wildman–Crippen MR) is 70.2 cm³/mol. The van der Waals surface area contributed by atoms with Crippen LogP contribution in [0.2, 0.25) is 0 Å². The van der Waals surface area contributed by atoms with Crippen LogP contribution >= 0.6 is 0 Å². The van der Waals surface area contributed by atoms with Crippen LogP contribution in [0.5, 0.6) is 0 Å². The molecular formula is C16H25N. The average Bonchev–Trinajstić information content (AvgIpc) is 2.19. The van der Waals surface area contributed by atoms with Crippen molar-refractivity contribution >= 4 is 0 Å². The highest BCUT2D eigenvalue weighted by Crippen LogP contribution is 2.79. The van der Waals surface area contributed by atoms with Gasteiger partial charge >= 0.3 is 0 Å². The molecule has 1 nitrogen and oxygen atoms in total. The summed E-state index contributed by atoms with van der Waals surface area (Å²) >= 11 is 0. The third-order valence-corrected chi connectivity index (χ3v) is 6.88. The van der Waals surface area contributed by atoms with E-state index in [2.05, 4.69) is 34.6 Å². The number of hydrogen-bond acceptors (Lipinski definition) is 1. The first kappa shape index (κ1) is 10.6. The summed E-state index contributed by atoms with van der Waals surface area (Å²) in [7, 11) is 0. The molecule has 2 saturated carbocycles. The van der Waals surface area contributed by atoms with Gasteiger partial charge in [0.2, 0.25) is 0 Å². The highest BCUT2D eigenvalue weighted by Gasteiger charge is 2.73. The van der Waals surface area contributed by atoms with E-state index in [4.69, 9.17) is 5.73 Å². The zero-order chi connectivity index (χ0) is 12.3. The molecule has 0 aromatic rings. The first-order valence-electron chi connectivity index (χ1n) is 7.38. The Balaban J connectivity index is 1.66. The number of fused-ring (bicyclic) bond motifs is 6. The van der Waals surface area contributed by atoms with Gasteiger partial charge in [0.05, 0.1) is 0 Å². The van der Waals surface area contributed by atoms with E-state index >= 15 is 0 Å². The first-order valence-corrected chi connectivity index (χ1v) is 7.38. The lowest BCUT2D eigenvalue weighted by Crippen LogP contribution is -2.73. The van der Waals surface area contributed by atoms with Crippen LogP contribution in [-0.4, -0.2) is 5.54 Å². The van der Waals surface area contributed by atoms with E-state index in [1.54, 1.807) is 0 Å². The van der Waals surface area contributed by atoms with E-state index in [0.29, 0.717) is 0 Å². The summed E-state index contributed by atoms with van der Waals surface area (Å²) < 4.78 is 0. The Morgan fingerprint density at radius 2 is 1.18 bits per heavy atom. The molecule has 8 atom stereocenters. The fraction of sp³-hybridized carbons (Fsp3) is 0.875. The van der Waals surface area contributed by atoms with Gasteiger partial charge in [-0.3, -0.25) is 0 Å². The molecule has 0 saturated heterocycles. The number of rotatable bonds is 1. The molecule has 4 rings (SSSR count). The SMILES string of the molecule is CC1C(C)C2C3=C(C12)C1C(C)C(C(C)(C)N)C31. The molecular weight excluding hydrogens is 206 g/mol. The van der Waals surface area contributed by atoms with Crippen LogP contribution in [0.4, 0.5) is 0 Å². The van der Waals surface area contributed by atoms with Gasteiger partial charge in [0.15, 0.2) is 0 Å². The maximum absolute atomic E-state index is 6.39. The van der Waals surface area contributed by atoms with Gasteiger partial charge in [-0.2, -0.15) is 0 Å². The molecule has 0 spiro atoms. The highest BCUT2D eigenvalue weighted by molar-refractivity contribution is 5.54. The maximum Gasteiger partial charge on any atom is 0.0134 e. The molecule has 8 unspecified atom stereocenters. The van der Waals surface area contributed by atoms with Crippen molar-refractivity contribution in [2.75, 3.05) is 0 Å². The summed E-state index contributed by atoms with van der Waals surface area (Å²) in [5, 5.41) is 0. The van der Waals surface area contributed by atoms with Crippen molar-refractivity contribution in [3.63, 3.8) is 0 Å². The fourth-order valence-corrected chi connectivity index (χ4v) is 6.10. The summed E-state index contributed by atoms with van der Waals surface area (Å²) in [5.41, 5.74) is 10.2. The Morgan fingerprint density at radius 1 is 0.765 bits per heavy atom. The highest BCUT2D eigenvalue weighted by atomic mass is 14.8. The number of allylic oxidation sites excluding steroid dienone is 2. The third-order valence-electron chi connectivity index (χ3n) is 6.88. The van der Waals surface area contributed by atoms with Gasteiger partial charge < -0.3 is 5.73 Å². The quantitative estimate of drug-likeness (QED) is 0.690. The normalized spacial score (nSPS) is 58.9. The lowest BCUT2D eigenvalue weighted by atomic mass is 9.27. The van der Waals surface area contributed by atoms with Crippen LogP contribution in [0.15, 0.2) is 11.1 Å². The predicted octanol–water partition coefficient (Wildman–Crippen LogP) is 3.06. The molecule has 0 aromatic carbocycles. The van der Waals surface area contributed by atoms with Crippen molar-refractivity contribution in [2.24, 2.45) is 53.1 Å². The zero-order valence-electron chi connectivity index (χ0n) is 11.7. The molecule has 1 heteroatoms. The molecule has 0 bridgehead atoms. The standard InChI is InChI=1S/C16H25N/c1-6-7(2)10-9(6)12-11-8(3)15(16(4,5)17)14(11)13(10)12/h6-11,14-15H,17H2,1-5H3. The van der Waals surface area contributed by atoms with Gasteiger partial charge in [-0.05, 0) is 61.2 Å². The van der Waals surface area contributed by atoms with Crippen LogP contribution < -0.4 is 5.73 Å². The molecule has 0 amide bonds. The lowest BCUT2D eigenvalue weighted by molar-refractivity contribution is -0.133. The van der Waals surface area contributed by atoms with Crippen LogP contribution in [0.1, 0.15) is 34.6 Å². The van der Waals surface area contributed by atoms with Crippen LogP contribution in [0.3, 0.4) is 0 Å². The van der Waals surface area contributed by atoms with Crippen molar-refractivity contribution < 1.29 is 0 Å². The van der Waals surface area contributed by atoms with Crippen molar-refractivity contribution in [2.45, 2.75) is 40.2 Å². The van der Waals surface area contributed by atoms with Gasteiger partial charge in [-0.1, -0.05) is 31.9 Å². The Labute approximate surface area is 105 Å². The molecule has 0 radical (unpaired) electrons. The molecule has 4 aliphatic carbocycles. The Kier molecular flexibility index (Phi) is 1.66. The second-order valence-electron chi connectivity index (χ2n) is 7.94. The average molecular weight is 231 g/mol. The van der Waals surface area contributed by atoms with Crippen molar-refractivity contribution in [3.05, 3.63) is 11.1 Å². The maximum atomic E-state index is 6.39. The summed E-state index contributed by atoms with van der Waals surface area (Å²) in [6, 6.07) is 0. The molecule has 2 fully saturated rings. The second kappa shape index (κ2) is 2.66. The monoisotopic (exact) mass is 231 g/mol. The van der Waals surface area contributed by atoms with Crippen molar-refractivity contribution in [3.8, 4) is 0 Å². The number of hydrogen-bond donors (Lipinski definition) is 1. The van der Waals surface area contributed by atoms with E-state index in [1.807, 2.05) is 11.1 Å². The summed E-state index contributed by atoms with van der Waals surface area (Å²) in [4.78, 5) is 0. The molecule has 94 valence electrons. The second-order valence-corrected chi connectivity index (χ2v) is 7.94. The molecule has 0 aromatic heterocycles. The van der Waals surface area contributed by atoms with Crippen molar-refractivity contribution in [1.82, 2.24) is 0 Å². The Hall–Kier alpha value is -0.300. The zero-order valence-corrected chi connectivity index (χ0v) is 11.7. The van der Waals surface area contributed by atoms with Gasteiger partial charge in [-0.15, -0.1) is 0 Å². The molecule has 17 heavy (non-hydrogen) atoms. The van der Waals surface area contributed by atoms with Gasteiger partial charge in [0.25, 0.3) is 0 Å². The molecule has 0 aliphatic heterocycles. The molecule has 4 aliphatic rings. The minimum Gasteiger partial charge on any atom is -0.325 e. The molecule has 2 N–H and O–H groups in total. The van der Waals surface area contributed by atoms with Crippen LogP contribution in [-0.2, 0) is 0 Å². The van der Waals surface area contributed by atoms with E-state index in [0.717, 1.165) is 47.3 Å². The first-order chi connectivity index (χ1) is 7.85. The van der Waals surface area contributed by atoms with Gasteiger partial charge in [0, 0.05) is 5.54 Å². The smallest absolute Gasteiger partial charge is 0.0134 e. The topological polar surface area (TPSA) is 26.0 Å². The van der Waals surface area contributed by atoms with E-state index in [1.165, 1.54) is 0 Å². The van der Waals surface area contributed by atoms with Crippen molar-refractivity contribution in [1.29, 1.82) is 0 Å². The molecule has 0 heterocycles. The van der Waals surface area contributed by atoms with Crippen LogP contribution in [0, 0.1) is 47.3 Å². The van der Waals surface area contributed by atoms with Gasteiger partial charge in [-0.25, -0.2) is 0 Å². The van der Waals surface area contributed by atoms with Gasteiger partial charge in [0.1, 0.15) is 0 Å². The fourth-order valence-electron chi connectivity index (χ4n) is 6.10. The summed E-state index contributed by atoms with van der Waals surface area (Å²) in [6.07, 6.45) is 0. The number of nitrogens with two attached hydrogens (primary N) is 1. The Morgan fingerprint density at radius 3 is 1.65 bits per heavy atom. The lowest BCUT2D eigenvalue weighted by Gasteiger charge is -2.77. The summed E-state index contributed by atoms with van der Waals surface area (Å²) in [5.74, 6) is 7.27. The minimum atomic E-state index is 0.0167. The van der Waals surface area contributed by atoms with E-state index < -0.39 is 0 Å². The minimum absolute atomic E-state index is 0.0167. The third kappa shape index (κ3) is 0.885. The van der Waals surface area contributed by atoms with E-state index in [-0.39, 0.29) is 5.54 Å².